The summed E-state index contributed by atoms with van der Waals surface area (Å²) in [6.07, 6.45) is -20.2. The van der Waals surface area contributed by atoms with E-state index in [1.54, 1.807) is 0 Å². The maximum atomic E-state index is 12.8. The van der Waals surface area contributed by atoms with E-state index >= 15 is 0 Å². The van der Waals surface area contributed by atoms with Crippen LogP contribution in [0.2, 0.25) is 0 Å². The molecule has 0 aromatic carbocycles. The van der Waals surface area contributed by atoms with Gasteiger partial charge in [-0.15, -0.1) is 0 Å². The Balaban J connectivity index is 6.13. The summed E-state index contributed by atoms with van der Waals surface area (Å²) < 4.78 is 150. The van der Waals surface area contributed by atoms with E-state index < -0.39 is 39.6 Å². The number of halogens is 10. The van der Waals surface area contributed by atoms with Gasteiger partial charge in [0.1, 0.15) is 10.1 Å². The Morgan fingerprint density at radius 2 is 1.11 bits per heavy atom. The maximum Gasteiger partial charge on any atom is 0.456 e. The van der Waals surface area contributed by atoms with Crippen LogP contribution in [0.15, 0.2) is 0 Å². The van der Waals surface area contributed by atoms with Crippen molar-refractivity contribution in [2.45, 2.75) is 29.4 Å². The number of hydrogen-bond donors (Lipinski definition) is 0. The molecular formula is C5HF10O3S-. The molecule has 0 fully saturated rings. The normalized spacial score (nSPS) is 19.9. The lowest BCUT2D eigenvalue weighted by Crippen LogP contribution is -2.63. The third-order valence-corrected chi connectivity index (χ3v) is 2.94. The molecule has 0 saturated heterocycles. The second-order valence-electron chi connectivity index (χ2n) is 3.08. The molecule has 116 valence electrons. The molecule has 0 aliphatic heterocycles. The van der Waals surface area contributed by atoms with Gasteiger partial charge in [0.2, 0.25) is 6.17 Å². The molecule has 0 amide bonds. The van der Waals surface area contributed by atoms with Crippen molar-refractivity contribution in [3.8, 4) is 0 Å². The fraction of sp³-hybridized carbons (Fsp3) is 1.00. The van der Waals surface area contributed by atoms with Crippen molar-refractivity contribution in [1.29, 1.82) is 0 Å². The van der Waals surface area contributed by atoms with E-state index in [-0.39, 0.29) is 0 Å². The van der Waals surface area contributed by atoms with Gasteiger partial charge in [-0.3, -0.25) is 0 Å². The van der Waals surface area contributed by atoms with Gasteiger partial charge in [-0.1, -0.05) is 0 Å². The summed E-state index contributed by atoms with van der Waals surface area (Å²) in [6.45, 7) is 0. The standard InChI is InChI=1S/C5H2F10O3S/c6-1(2(7,8)4(10,11)12)3(9,5(13,14)15)19(16,17)18/h1H,(H,16,17,18)/p-1. The van der Waals surface area contributed by atoms with Crippen LogP contribution in [0.5, 0.6) is 0 Å². The van der Waals surface area contributed by atoms with Gasteiger partial charge in [0.25, 0.3) is 0 Å². The Labute approximate surface area is 97.5 Å². The first kappa shape index (κ1) is 18.2. The first-order valence-corrected chi connectivity index (χ1v) is 5.11. The van der Waals surface area contributed by atoms with E-state index in [2.05, 4.69) is 0 Å². The molecule has 14 heteroatoms. The highest BCUT2D eigenvalue weighted by atomic mass is 32.2. The Morgan fingerprint density at radius 1 is 0.789 bits per heavy atom. The second kappa shape index (κ2) is 4.36. The van der Waals surface area contributed by atoms with Crippen LogP contribution in [-0.2, 0) is 10.1 Å². The minimum atomic E-state index is -7.56. The Kier molecular flexibility index (Phi) is 4.18. The van der Waals surface area contributed by atoms with Gasteiger partial charge < -0.3 is 4.55 Å². The number of alkyl halides is 10. The largest absolute Gasteiger partial charge is 0.745 e. The van der Waals surface area contributed by atoms with Crippen LogP contribution in [0, 0.1) is 0 Å². The zero-order chi connectivity index (χ0) is 16.1. The van der Waals surface area contributed by atoms with Crippen LogP contribution in [0.1, 0.15) is 0 Å². The lowest BCUT2D eigenvalue weighted by atomic mass is 10.1. The average molecular weight is 331 g/mol. The van der Waals surface area contributed by atoms with E-state index in [0.29, 0.717) is 0 Å². The van der Waals surface area contributed by atoms with Crippen LogP contribution in [0.3, 0.4) is 0 Å². The van der Waals surface area contributed by atoms with Crippen LogP contribution >= 0.6 is 0 Å². The lowest BCUT2D eigenvalue weighted by Gasteiger charge is -2.36. The Hall–Kier alpha value is -0.790. The number of rotatable bonds is 3. The van der Waals surface area contributed by atoms with Crippen molar-refractivity contribution in [3.05, 3.63) is 0 Å². The van der Waals surface area contributed by atoms with Crippen molar-refractivity contribution in [2.75, 3.05) is 0 Å². The third kappa shape index (κ3) is 2.73. The van der Waals surface area contributed by atoms with Gasteiger partial charge >= 0.3 is 23.3 Å². The van der Waals surface area contributed by atoms with Crippen LogP contribution in [0.25, 0.3) is 0 Å². The predicted octanol–water partition coefficient (Wildman–Crippen LogP) is 2.30. The first-order chi connectivity index (χ1) is 7.90. The summed E-state index contributed by atoms with van der Waals surface area (Å²) in [7, 11) is -7.56. The second-order valence-corrected chi connectivity index (χ2v) is 4.58. The van der Waals surface area contributed by atoms with E-state index in [9.17, 15) is 56.9 Å². The van der Waals surface area contributed by atoms with Crippen LogP contribution in [-0.4, -0.2) is 42.4 Å². The van der Waals surface area contributed by atoms with Gasteiger partial charge in [0.05, 0.1) is 0 Å². The van der Waals surface area contributed by atoms with Crippen molar-refractivity contribution in [2.24, 2.45) is 0 Å². The minimum absolute atomic E-state index is 6.01. The van der Waals surface area contributed by atoms with Gasteiger partial charge in [-0.2, -0.15) is 35.1 Å². The molecule has 3 nitrogen and oxygen atoms in total. The average Bonchev–Trinajstić information content (AvgIpc) is 2.09. The highest BCUT2D eigenvalue weighted by Crippen LogP contribution is 2.51. The molecular weight excluding hydrogens is 330 g/mol. The Bertz CT molecular complexity index is 435. The van der Waals surface area contributed by atoms with E-state index in [1.807, 2.05) is 0 Å². The maximum absolute atomic E-state index is 12.8. The summed E-state index contributed by atoms with van der Waals surface area (Å²) in [6, 6.07) is 0. The fourth-order valence-corrected chi connectivity index (χ4v) is 1.47. The monoisotopic (exact) mass is 331 g/mol. The molecule has 0 aliphatic rings. The molecule has 0 bridgehead atoms. The summed E-state index contributed by atoms with van der Waals surface area (Å²) in [5.74, 6) is -7.05. The molecule has 0 N–H and O–H groups in total. The summed E-state index contributed by atoms with van der Waals surface area (Å²) >= 11 is 0. The lowest BCUT2D eigenvalue weighted by molar-refractivity contribution is -0.331. The molecule has 0 heterocycles. The molecule has 19 heavy (non-hydrogen) atoms. The van der Waals surface area contributed by atoms with Gasteiger partial charge in [-0.25, -0.2) is 17.2 Å². The van der Waals surface area contributed by atoms with Crippen LogP contribution in [0.4, 0.5) is 43.9 Å². The highest BCUT2D eigenvalue weighted by Gasteiger charge is 2.78. The first-order valence-electron chi connectivity index (χ1n) is 3.70. The molecule has 0 aliphatic carbocycles. The topological polar surface area (TPSA) is 57.2 Å². The molecule has 0 aromatic heterocycles. The van der Waals surface area contributed by atoms with Crippen molar-refractivity contribution < 1.29 is 56.9 Å². The zero-order valence-corrected chi connectivity index (χ0v) is 8.81. The summed E-state index contributed by atoms with van der Waals surface area (Å²) in [5, 5.41) is -6.95. The van der Waals surface area contributed by atoms with Gasteiger partial charge in [0.15, 0.2) is 0 Å². The predicted molar refractivity (Wildman–Crippen MR) is 35.5 cm³/mol. The third-order valence-electron chi connectivity index (χ3n) is 1.77. The molecule has 0 saturated carbocycles. The van der Waals surface area contributed by atoms with Gasteiger partial charge in [-0.05, 0) is 0 Å². The Morgan fingerprint density at radius 3 is 1.26 bits per heavy atom. The van der Waals surface area contributed by atoms with Crippen molar-refractivity contribution >= 4 is 10.1 Å². The van der Waals surface area contributed by atoms with Crippen LogP contribution < -0.4 is 0 Å². The highest BCUT2D eigenvalue weighted by molar-refractivity contribution is 7.87. The molecule has 0 rings (SSSR count). The molecule has 2 atom stereocenters. The molecule has 0 aromatic rings. The number of hydrogen-bond acceptors (Lipinski definition) is 3. The van der Waals surface area contributed by atoms with Gasteiger partial charge in [0, 0.05) is 0 Å². The SMILES string of the molecule is O=S(=O)([O-])C(F)(C(F)C(F)(F)C(F)(F)F)C(F)(F)F. The van der Waals surface area contributed by atoms with E-state index in [1.165, 1.54) is 0 Å². The van der Waals surface area contributed by atoms with Crippen molar-refractivity contribution in [1.82, 2.24) is 0 Å². The minimum Gasteiger partial charge on any atom is -0.745 e. The molecule has 2 unspecified atom stereocenters. The fourth-order valence-electron chi connectivity index (χ4n) is 0.789. The summed E-state index contributed by atoms with van der Waals surface area (Å²) in [5.41, 5.74) is 0. The molecule has 0 radical (unpaired) electrons. The zero-order valence-electron chi connectivity index (χ0n) is 7.99. The van der Waals surface area contributed by atoms with Crippen molar-refractivity contribution in [3.63, 3.8) is 0 Å². The van der Waals surface area contributed by atoms with E-state index in [4.69, 9.17) is 0 Å². The van der Waals surface area contributed by atoms with E-state index in [0.717, 1.165) is 0 Å². The quantitative estimate of drug-likeness (QED) is 0.589. The summed E-state index contributed by atoms with van der Waals surface area (Å²) in [4.78, 5) is 0. The smallest absolute Gasteiger partial charge is 0.456 e. The molecule has 0 spiro atoms.